The van der Waals surface area contributed by atoms with Crippen LogP contribution in [-0.2, 0) is 14.8 Å². The molecule has 0 aromatic heterocycles. The van der Waals surface area contributed by atoms with Crippen LogP contribution in [0.3, 0.4) is 0 Å². The first kappa shape index (κ1) is 19.0. The molecule has 1 heterocycles. The van der Waals surface area contributed by atoms with E-state index in [1.54, 1.807) is 35.2 Å². The van der Waals surface area contributed by atoms with Gasteiger partial charge in [0, 0.05) is 30.4 Å². The summed E-state index contributed by atoms with van der Waals surface area (Å²) < 4.78 is 38.5. The molecule has 1 N–H and O–H groups in total. The Balaban J connectivity index is 1.90. The minimum atomic E-state index is -3.88. The van der Waals surface area contributed by atoms with E-state index in [0.29, 0.717) is 24.4 Å². The van der Waals surface area contributed by atoms with Gasteiger partial charge in [0.2, 0.25) is 5.91 Å². The molecule has 1 fully saturated rings. The number of anilines is 2. The van der Waals surface area contributed by atoms with Gasteiger partial charge < -0.3 is 14.4 Å². The van der Waals surface area contributed by atoms with Crippen LogP contribution in [0.25, 0.3) is 0 Å². The molecule has 0 saturated carbocycles. The Morgan fingerprint density at radius 3 is 2.44 bits per heavy atom. The molecule has 3 rings (SSSR count). The van der Waals surface area contributed by atoms with Crippen molar-refractivity contribution in [3.63, 3.8) is 0 Å². The highest BCUT2D eigenvalue weighted by atomic mass is 32.2. The molecule has 27 heavy (non-hydrogen) atoms. The Bertz CT molecular complexity index is 972. The normalized spacial score (nSPS) is 14.3. The summed E-state index contributed by atoms with van der Waals surface area (Å²) in [6.07, 6.45) is 1.38. The Labute approximate surface area is 158 Å². The van der Waals surface area contributed by atoms with Crippen LogP contribution in [0.4, 0.5) is 11.4 Å². The quantitative estimate of drug-likeness (QED) is 0.820. The van der Waals surface area contributed by atoms with Crippen LogP contribution in [0, 0.1) is 6.92 Å². The number of hydrogen-bond donors (Lipinski definition) is 1. The van der Waals surface area contributed by atoms with Gasteiger partial charge in [-0.15, -0.1) is 0 Å². The molecule has 8 heteroatoms. The van der Waals surface area contributed by atoms with Gasteiger partial charge in [0.15, 0.2) is 0 Å². The zero-order valence-electron chi connectivity index (χ0n) is 15.5. The molecule has 1 aliphatic heterocycles. The van der Waals surface area contributed by atoms with E-state index < -0.39 is 10.0 Å². The molecule has 2 aromatic rings. The van der Waals surface area contributed by atoms with Gasteiger partial charge in [0.1, 0.15) is 16.4 Å². The lowest BCUT2D eigenvalue weighted by Gasteiger charge is -2.19. The van der Waals surface area contributed by atoms with Crippen LogP contribution in [0.15, 0.2) is 41.3 Å². The maximum atomic E-state index is 12.8. The standard InChI is InChI=1S/C19H22N2O5S/c1-13-11-14(6-8-16(13)21-10-4-5-19(21)22)20-27(23,24)18-12-15(25-2)7-9-17(18)26-3/h6-9,11-12,20H,4-5,10H2,1-3H3. The molecule has 0 spiro atoms. The number of sulfonamides is 1. The molecule has 0 aliphatic carbocycles. The van der Waals surface area contributed by atoms with Crippen molar-refractivity contribution in [1.82, 2.24) is 0 Å². The van der Waals surface area contributed by atoms with E-state index in [1.165, 1.54) is 20.3 Å². The van der Waals surface area contributed by atoms with Crippen molar-refractivity contribution < 1.29 is 22.7 Å². The predicted octanol–water partition coefficient (Wildman–Crippen LogP) is 2.94. The van der Waals surface area contributed by atoms with E-state index in [2.05, 4.69) is 4.72 Å². The topological polar surface area (TPSA) is 84.9 Å². The van der Waals surface area contributed by atoms with E-state index >= 15 is 0 Å². The monoisotopic (exact) mass is 390 g/mol. The number of hydrogen-bond acceptors (Lipinski definition) is 5. The molecular weight excluding hydrogens is 368 g/mol. The molecule has 1 saturated heterocycles. The third kappa shape index (κ3) is 3.85. The highest BCUT2D eigenvalue weighted by Gasteiger charge is 2.24. The number of rotatable bonds is 6. The summed E-state index contributed by atoms with van der Waals surface area (Å²) in [4.78, 5) is 13.7. The summed E-state index contributed by atoms with van der Waals surface area (Å²) in [7, 11) is -1.01. The summed E-state index contributed by atoms with van der Waals surface area (Å²) in [6, 6.07) is 9.71. The van der Waals surface area contributed by atoms with Crippen molar-refractivity contribution in [2.24, 2.45) is 0 Å². The molecule has 0 radical (unpaired) electrons. The minimum Gasteiger partial charge on any atom is -0.497 e. The fourth-order valence-electron chi connectivity index (χ4n) is 3.13. The second-order valence-electron chi connectivity index (χ2n) is 6.27. The van der Waals surface area contributed by atoms with Crippen LogP contribution in [0.1, 0.15) is 18.4 Å². The lowest BCUT2D eigenvalue weighted by molar-refractivity contribution is -0.117. The van der Waals surface area contributed by atoms with E-state index in [4.69, 9.17) is 9.47 Å². The van der Waals surface area contributed by atoms with Gasteiger partial charge in [0.05, 0.1) is 14.2 Å². The van der Waals surface area contributed by atoms with Gasteiger partial charge in [0.25, 0.3) is 10.0 Å². The summed E-state index contributed by atoms with van der Waals surface area (Å²) in [6.45, 7) is 2.54. The molecule has 2 aromatic carbocycles. The summed E-state index contributed by atoms with van der Waals surface area (Å²) >= 11 is 0. The van der Waals surface area contributed by atoms with Gasteiger partial charge in [-0.25, -0.2) is 8.42 Å². The second-order valence-corrected chi connectivity index (χ2v) is 7.92. The maximum Gasteiger partial charge on any atom is 0.265 e. The van der Waals surface area contributed by atoms with Crippen molar-refractivity contribution >= 4 is 27.3 Å². The third-order valence-corrected chi connectivity index (χ3v) is 5.88. The van der Waals surface area contributed by atoms with Crippen molar-refractivity contribution in [3.05, 3.63) is 42.0 Å². The molecule has 1 aliphatic rings. The third-order valence-electron chi connectivity index (χ3n) is 4.47. The van der Waals surface area contributed by atoms with Crippen LogP contribution < -0.4 is 19.1 Å². The average Bonchev–Trinajstić information content (AvgIpc) is 3.06. The molecular formula is C19H22N2O5S. The van der Waals surface area contributed by atoms with Crippen LogP contribution >= 0.6 is 0 Å². The maximum absolute atomic E-state index is 12.8. The Hall–Kier alpha value is -2.74. The molecule has 0 unspecified atom stereocenters. The van der Waals surface area contributed by atoms with Gasteiger partial charge in [-0.1, -0.05) is 0 Å². The van der Waals surface area contributed by atoms with E-state index in [-0.39, 0.29) is 16.6 Å². The summed E-state index contributed by atoms with van der Waals surface area (Å²) in [5.74, 6) is 0.724. The lowest BCUT2D eigenvalue weighted by Crippen LogP contribution is -2.24. The van der Waals surface area contributed by atoms with E-state index in [1.807, 2.05) is 6.92 Å². The predicted molar refractivity (Wildman–Crippen MR) is 103 cm³/mol. The van der Waals surface area contributed by atoms with Gasteiger partial charge in [-0.05, 0) is 49.2 Å². The number of carbonyl (C=O) groups is 1. The van der Waals surface area contributed by atoms with E-state index in [9.17, 15) is 13.2 Å². The van der Waals surface area contributed by atoms with Crippen molar-refractivity contribution in [1.29, 1.82) is 0 Å². The van der Waals surface area contributed by atoms with Crippen molar-refractivity contribution in [2.45, 2.75) is 24.7 Å². The highest BCUT2D eigenvalue weighted by molar-refractivity contribution is 7.92. The molecule has 1 amide bonds. The fourth-order valence-corrected chi connectivity index (χ4v) is 4.36. The zero-order chi connectivity index (χ0) is 19.6. The van der Waals surface area contributed by atoms with E-state index in [0.717, 1.165) is 17.7 Å². The minimum absolute atomic E-state index is 0.0131. The second kappa shape index (κ2) is 7.48. The first-order valence-electron chi connectivity index (χ1n) is 8.51. The molecule has 0 bridgehead atoms. The number of carbonyl (C=O) groups excluding carboxylic acids is 1. The van der Waals surface area contributed by atoms with Crippen LogP contribution in [0.5, 0.6) is 11.5 Å². The smallest absolute Gasteiger partial charge is 0.265 e. The molecule has 0 atom stereocenters. The lowest BCUT2D eigenvalue weighted by atomic mass is 10.1. The summed E-state index contributed by atoms with van der Waals surface area (Å²) in [5.41, 5.74) is 2.04. The van der Waals surface area contributed by atoms with Gasteiger partial charge in [-0.3, -0.25) is 9.52 Å². The van der Waals surface area contributed by atoms with Gasteiger partial charge in [-0.2, -0.15) is 0 Å². The number of nitrogens with one attached hydrogen (secondary N) is 1. The van der Waals surface area contributed by atoms with Crippen LogP contribution in [-0.4, -0.2) is 35.1 Å². The van der Waals surface area contributed by atoms with Crippen molar-refractivity contribution in [2.75, 3.05) is 30.4 Å². The zero-order valence-corrected chi connectivity index (χ0v) is 16.3. The van der Waals surface area contributed by atoms with Crippen molar-refractivity contribution in [3.8, 4) is 11.5 Å². The van der Waals surface area contributed by atoms with Crippen LogP contribution in [0.2, 0.25) is 0 Å². The fraction of sp³-hybridized carbons (Fsp3) is 0.316. The summed E-state index contributed by atoms with van der Waals surface area (Å²) in [5, 5.41) is 0. The SMILES string of the molecule is COc1ccc(OC)c(S(=O)(=O)Nc2ccc(N3CCCC3=O)c(C)c2)c1. The Morgan fingerprint density at radius 2 is 1.85 bits per heavy atom. The number of aryl methyl sites for hydroxylation is 1. The average molecular weight is 390 g/mol. The first-order chi connectivity index (χ1) is 12.9. The highest BCUT2D eigenvalue weighted by Crippen LogP contribution is 2.31. The number of amides is 1. The number of nitrogens with zero attached hydrogens (tertiary/aromatic N) is 1. The van der Waals surface area contributed by atoms with Gasteiger partial charge >= 0.3 is 0 Å². The Kier molecular flexibility index (Phi) is 5.27. The largest absolute Gasteiger partial charge is 0.497 e. The number of ether oxygens (including phenoxy) is 2. The molecule has 7 nitrogen and oxygen atoms in total. The molecule has 144 valence electrons. The number of methoxy groups -OCH3 is 2. The first-order valence-corrected chi connectivity index (χ1v) is 10.00. The Morgan fingerprint density at radius 1 is 1.07 bits per heavy atom. The number of benzene rings is 2.